The maximum absolute atomic E-state index is 11.1. The number of benzene rings is 1. The predicted octanol–water partition coefficient (Wildman–Crippen LogP) is 2.72. The quantitative estimate of drug-likeness (QED) is 0.475. The van der Waals surface area contributed by atoms with Crippen LogP contribution in [0.5, 0.6) is 0 Å². The molecule has 1 rings (SSSR count). The minimum atomic E-state index is -1.26. The number of thioether (sulfide) groups is 1. The molecule has 0 aliphatic carbocycles. The number of rotatable bonds is 6. The molecule has 0 atom stereocenters. The molecule has 2 N–H and O–H groups in total. The summed E-state index contributed by atoms with van der Waals surface area (Å²) in [5, 5.41) is 22.6. The van der Waals surface area contributed by atoms with E-state index in [1.54, 1.807) is 11.8 Å². The van der Waals surface area contributed by atoms with Crippen molar-refractivity contribution >= 4 is 40.7 Å². The number of hydrogen-bond donors (Lipinski definition) is 2. The molecule has 0 unspecified atom stereocenters. The average molecular weight is 291 g/mol. The number of anilines is 1. The van der Waals surface area contributed by atoms with Gasteiger partial charge in [0.1, 0.15) is 0 Å². The zero-order valence-electron chi connectivity index (χ0n) is 9.47. The van der Waals surface area contributed by atoms with Crippen LogP contribution in [0.15, 0.2) is 12.1 Å². The van der Waals surface area contributed by atoms with E-state index in [9.17, 15) is 14.9 Å². The topological polar surface area (TPSA) is 92.5 Å². The van der Waals surface area contributed by atoms with E-state index in [-0.39, 0.29) is 22.0 Å². The van der Waals surface area contributed by atoms with Crippen molar-refractivity contribution in [2.24, 2.45) is 0 Å². The highest BCUT2D eigenvalue weighted by Gasteiger charge is 2.19. The summed E-state index contributed by atoms with van der Waals surface area (Å²) >= 11 is 7.45. The second-order valence-corrected chi connectivity index (χ2v) is 4.72. The molecule has 8 heteroatoms. The van der Waals surface area contributed by atoms with Crippen LogP contribution < -0.4 is 5.32 Å². The van der Waals surface area contributed by atoms with Crippen LogP contribution in [-0.4, -0.2) is 34.6 Å². The lowest BCUT2D eigenvalue weighted by molar-refractivity contribution is -0.384. The molecule has 0 aromatic heterocycles. The first-order chi connectivity index (χ1) is 8.47. The number of non-ortho nitro benzene ring substituents is 1. The molecular formula is C10H11ClN2O4S. The number of carboxylic acid groups (broad SMARTS) is 1. The summed E-state index contributed by atoms with van der Waals surface area (Å²) in [5.74, 6) is -0.487. The lowest BCUT2D eigenvalue weighted by Crippen LogP contribution is -2.10. The lowest BCUT2D eigenvalue weighted by Gasteiger charge is -2.10. The highest BCUT2D eigenvalue weighted by Crippen LogP contribution is 2.31. The van der Waals surface area contributed by atoms with Crippen LogP contribution >= 0.6 is 23.4 Å². The van der Waals surface area contributed by atoms with E-state index in [1.165, 1.54) is 0 Å². The second-order valence-electron chi connectivity index (χ2n) is 3.33. The minimum absolute atomic E-state index is 0.0303. The van der Waals surface area contributed by atoms with Gasteiger partial charge >= 0.3 is 5.97 Å². The summed E-state index contributed by atoms with van der Waals surface area (Å²) in [6.45, 7) is 0.527. The maximum atomic E-state index is 11.1. The van der Waals surface area contributed by atoms with E-state index in [4.69, 9.17) is 16.7 Å². The van der Waals surface area contributed by atoms with E-state index in [1.807, 2.05) is 6.26 Å². The van der Waals surface area contributed by atoms with Crippen LogP contribution in [-0.2, 0) is 0 Å². The molecule has 0 saturated carbocycles. The van der Waals surface area contributed by atoms with Crippen LogP contribution in [0.1, 0.15) is 10.4 Å². The number of halogens is 1. The van der Waals surface area contributed by atoms with E-state index in [0.29, 0.717) is 6.54 Å². The number of hydrogen-bond acceptors (Lipinski definition) is 5. The molecule has 18 heavy (non-hydrogen) atoms. The van der Waals surface area contributed by atoms with Gasteiger partial charge in [0.15, 0.2) is 0 Å². The predicted molar refractivity (Wildman–Crippen MR) is 71.9 cm³/mol. The van der Waals surface area contributed by atoms with Gasteiger partial charge in [-0.25, -0.2) is 4.79 Å². The van der Waals surface area contributed by atoms with Crippen molar-refractivity contribution in [2.45, 2.75) is 0 Å². The third-order valence-corrected chi connectivity index (χ3v) is 3.03. The third-order valence-electron chi connectivity index (χ3n) is 2.12. The van der Waals surface area contributed by atoms with Gasteiger partial charge in [-0.15, -0.1) is 0 Å². The Morgan fingerprint density at radius 1 is 1.61 bits per heavy atom. The normalized spacial score (nSPS) is 10.1. The van der Waals surface area contributed by atoms with Gasteiger partial charge in [-0.1, -0.05) is 11.6 Å². The molecule has 0 heterocycles. The number of nitrogens with zero attached hydrogens (tertiary/aromatic N) is 1. The number of nitro groups is 1. The Balaban J connectivity index is 3.15. The van der Waals surface area contributed by atoms with Crippen molar-refractivity contribution < 1.29 is 14.8 Å². The Hall–Kier alpha value is -1.47. The Bertz CT molecular complexity index is 481. The number of carboxylic acids is 1. The average Bonchev–Trinajstić information content (AvgIpc) is 2.30. The summed E-state index contributed by atoms with van der Waals surface area (Å²) in [5.41, 5.74) is -0.327. The van der Waals surface area contributed by atoms with Gasteiger partial charge in [0.25, 0.3) is 5.69 Å². The van der Waals surface area contributed by atoms with Gasteiger partial charge in [-0.05, 0) is 6.26 Å². The largest absolute Gasteiger partial charge is 0.478 e. The van der Waals surface area contributed by atoms with Gasteiger partial charge in [-0.3, -0.25) is 10.1 Å². The van der Waals surface area contributed by atoms with E-state index in [0.717, 1.165) is 17.9 Å². The molecule has 0 spiro atoms. The van der Waals surface area contributed by atoms with Crippen molar-refractivity contribution in [2.75, 3.05) is 23.9 Å². The minimum Gasteiger partial charge on any atom is -0.478 e. The Labute approximate surface area is 112 Å². The van der Waals surface area contributed by atoms with Gasteiger partial charge in [0.05, 0.1) is 21.2 Å². The molecular weight excluding hydrogens is 280 g/mol. The summed E-state index contributed by atoms with van der Waals surface area (Å²) in [4.78, 5) is 21.0. The van der Waals surface area contributed by atoms with Gasteiger partial charge < -0.3 is 10.4 Å². The fourth-order valence-electron chi connectivity index (χ4n) is 1.32. The summed E-state index contributed by atoms with van der Waals surface area (Å²) in [7, 11) is 0. The second kappa shape index (κ2) is 6.46. The van der Waals surface area contributed by atoms with Crippen molar-refractivity contribution in [1.82, 2.24) is 0 Å². The molecule has 0 amide bonds. The smallest absolute Gasteiger partial charge is 0.338 e. The fraction of sp³-hybridized carbons (Fsp3) is 0.300. The number of nitrogens with one attached hydrogen (secondary N) is 1. The highest BCUT2D eigenvalue weighted by molar-refractivity contribution is 7.98. The summed E-state index contributed by atoms with van der Waals surface area (Å²) < 4.78 is 0. The highest BCUT2D eigenvalue weighted by atomic mass is 35.5. The zero-order valence-corrected chi connectivity index (χ0v) is 11.0. The van der Waals surface area contributed by atoms with E-state index in [2.05, 4.69) is 5.32 Å². The molecule has 1 aromatic rings. The fourth-order valence-corrected chi connectivity index (χ4v) is 1.91. The Morgan fingerprint density at radius 3 is 2.78 bits per heavy atom. The van der Waals surface area contributed by atoms with Crippen LogP contribution in [0.25, 0.3) is 0 Å². The first kappa shape index (κ1) is 14.6. The molecule has 0 bridgehead atoms. The van der Waals surface area contributed by atoms with Crippen molar-refractivity contribution in [1.29, 1.82) is 0 Å². The number of aromatic carboxylic acids is 1. The van der Waals surface area contributed by atoms with Crippen LogP contribution in [0, 0.1) is 10.1 Å². The molecule has 0 radical (unpaired) electrons. The zero-order chi connectivity index (χ0) is 13.7. The first-order valence-electron chi connectivity index (χ1n) is 4.91. The van der Waals surface area contributed by atoms with E-state index >= 15 is 0 Å². The van der Waals surface area contributed by atoms with Crippen molar-refractivity contribution in [3.05, 3.63) is 32.8 Å². The molecule has 0 saturated heterocycles. The molecule has 0 aliphatic rings. The van der Waals surface area contributed by atoms with E-state index < -0.39 is 10.9 Å². The monoisotopic (exact) mass is 290 g/mol. The Morgan fingerprint density at radius 2 is 2.28 bits per heavy atom. The SMILES string of the molecule is CSCCNc1c(Cl)cc([N+](=O)[O-])cc1C(=O)O. The summed E-state index contributed by atoms with van der Waals surface area (Å²) in [6, 6.07) is 2.13. The lowest BCUT2D eigenvalue weighted by atomic mass is 10.1. The summed E-state index contributed by atoms with van der Waals surface area (Å²) in [6.07, 6.45) is 1.91. The Kier molecular flexibility index (Phi) is 5.24. The van der Waals surface area contributed by atoms with Crippen LogP contribution in [0.3, 0.4) is 0 Å². The number of nitro benzene ring substituents is 1. The van der Waals surface area contributed by atoms with Gasteiger partial charge in [-0.2, -0.15) is 11.8 Å². The van der Waals surface area contributed by atoms with Crippen molar-refractivity contribution in [3.8, 4) is 0 Å². The molecule has 6 nitrogen and oxygen atoms in total. The molecule has 0 aliphatic heterocycles. The number of carbonyl (C=O) groups is 1. The standard InChI is InChI=1S/C10H11ClN2O4S/c1-18-3-2-12-9-7(10(14)15)4-6(13(16)17)5-8(9)11/h4-5,12H,2-3H2,1H3,(H,14,15). The molecule has 98 valence electrons. The van der Waals surface area contributed by atoms with Crippen LogP contribution in [0.2, 0.25) is 5.02 Å². The van der Waals surface area contributed by atoms with Gasteiger partial charge in [0.2, 0.25) is 0 Å². The molecule has 0 fully saturated rings. The van der Waals surface area contributed by atoms with Gasteiger partial charge in [0, 0.05) is 24.4 Å². The van der Waals surface area contributed by atoms with Crippen molar-refractivity contribution in [3.63, 3.8) is 0 Å². The molecule has 1 aromatic carbocycles. The van der Waals surface area contributed by atoms with Crippen LogP contribution in [0.4, 0.5) is 11.4 Å². The third kappa shape index (κ3) is 3.51. The maximum Gasteiger partial charge on any atom is 0.338 e. The first-order valence-corrected chi connectivity index (χ1v) is 6.68.